The third-order valence-electron chi connectivity index (χ3n) is 4.88. The molecule has 3 aromatic carbocycles. The van der Waals surface area contributed by atoms with Crippen LogP contribution < -0.4 is 14.8 Å². The molecule has 1 saturated heterocycles. The molecule has 0 unspecified atom stereocenters. The number of aromatic carboxylic acids is 1. The first-order chi connectivity index (χ1) is 16.9. The molecule has 35 heavy (non-hydrogen) atoms. The third kappa shape index (κ3) is 6.52. The molecule has 1 fully saturated rings. The average molecular weight is 553 g/mol. The van der Waals surface area contributed by atoms with Crippen molar-refractivity contribution in [1.29, 1.82) is 0 Å². The van der Waals surface area contributed by atoms with Gasteiger partial charge in [0.2, 0.25) is 0 Å². The Balaban J connectivity index is 1.50. The molecule has 1 heterocycles. The number of benzene rings is 3. The monoisotopic (exact) mass is 552 g/mol. The second-order valence-corrected chi connectivity index (χ2v) is 9.33. The van der Waals surface area contributed by atoms with Crippen LogP contribution in [0.5, 0.6) is 11.5 Å². The predicted molar refractivity (Wildman–Crippen MR) is 140 cm³/mol. The van der Waals surface area contributed by atoms with Crippen LogP contribution in [-0.4, -0.2) is 28.8 Å². The molecule has 0 saturated carbocycles. The lowest BCUT2D eigenvalue weighted by atomic mass is 10.1. The van der Waals surface area contributed by atoms with Crippen molar-refractivity contribution in [3.05, 3.63) is 92.8 Å². The number of aliphatic imine (C=N–C) groups is 1. The van der Waals surface area contributed by atoms with Crippen molar-refractivity contribution >= 4 is 56.5 Å². The molecule has 1 amide bonds. The fourth-order valence-corrected chi connectivity index (χ4v) is 4.40. The number of carbonyl (C=O) groups is 2. The molecule has 0 aliphatic carbocycles. The van der Waals surface area contributed by atoms with Gasteiger partial charge in [0.25, 0.3) is 5.91 Å². The minimum Gasteiger partial charge on any atom is -0.494 e. The summed E-state index contributed by atoms with van der Waals surface area (Å²) >= 11 is 4.72. The fourth-order valence-electron chi connectivity index (χ4n) is 3.19. The van der Waals surface area contributed by atoms with Gasteiger partial charge in [-0.2, -0.15) is 0 Å². The molecule has 0 spiro atoms. The van der Waals surface area contributed by atoms with Crippen LogP contribution in [0.15, 0.2) is 81.1 Å². The van der Waals surface area contributed by atoms with Gasteiger partial charge in [-0.3, -0.25) is 4.79 Å². The fraction of sp³-hybridized carbons (Fsp3) is 0.115. The van der Waals surface area contributed by atoms with E-state index in [2.05, 4.69) is 26.2 Å². The van der Waals surface area contributed by atoms with Crippen molar-refractivity contribution in [1.82, 2.24) is 5.32 Å². The topological polar surface area (TPSA) is 97.2 Å². The van der Waals surface area contributed by atoms with Gasteiger partial charge in [0.15, 0.2) is 5.17 Å². The van der Waals surface area contributed by atoms with Crippen molar-refractivity contribution in [3.63, 3.8) is 0 Å². The Morgan fingerprint density at radius 3 is 2.51 bits per heavy atom. The second kappa shape index (κ2) is 11.2. The summed E-state index contributed by atoms with van der Waals surface area (Å²) in [7, 11) is 0. The van der Waals surface area contributed by atoms with Gasteiger partial charge in [-0.05, 0) is 84.9 Å². The van der Waals surface area contributed by atoms with Crippen LogP contribution in [-0.2, 0) is 11.4 Å². The standard InChI is InChI=1S/C26H21BrN2O5S/c1-2-33-21-10-8-20(9-11-21)28-26-29-24(30)23(35-26)14-18-13-19(27)7-12-22(18)34-15-16-3-5-17(6-4-16)25(31)32/h3-14H,2,15H2,1H3,(H,31,32)(H,28,29,30)/b23-14+. The second-order valence-electron chi connectivity index (χ2n) is 7.38. The van der Waals surface area contributed by atoms with Crippen LogP contribution in [0.25, 0.3) is 6.08 Å². The lowest BCUT2D eigenvalue weighted by molar-refractivity contribution is -0.115. The number of hydrogen-bond donors (Lipinski definition) is 2. The summed E-state index contributed by atoms with van der Waals surface area (Å²) in [5.41, 5.74) is 2.48. The minimum absolute atomic E-state index is 0.217. The van der Waals surface area contributed by atoms with Gasteiger partial charge in [0, 0.05) is 10.0 Å². The lowest BCUT2D eigenvalue weighted by Gasteiger charge is -2.10. The Bertz CT molecular complexity index is 1300. The number of amides is 1. The summed E-state index contributed by atoms with van der Waals surface area (Å²) in [4.78, 5) is 28.6. The Hall–Kier alpha value is -3.56. The highest BCUT2D eigenvalue weighted by Gasteiger charge is 2.24. The molecule has 0 bridgehead atoms. The molecule has 0 aromatic heterocycles. The number of thioether (sulfide) groups is 1. The number of nitrogens with one attached hydrogen (secondary N) is 1. The molecule has 7 nitrogen and oxygen atoms in total. The number of amidine groups is 1. The van der Waals surface area contributed by atoms with Gasteiger partial charge in [-0.25, -0.2) is 9.79 Å². The number of carbonyl (C=O) groups excluding carboxylic acids is 1. The molecule has 9 heteroatoms. The number of carboxylic acids is 1. The predicted octanol–water partition coefficient (Wildman–Crippen LogP) is 6.02. The molecule has 0 atom stereocenters. The number of ether oxygens (including phenoxy) is 2. The van der Waals surface area contributed by atoms with Crippen molar-refractivity contribution in [2.24, 2.45) is 4.99 Å². The SMILES string of the molecule is CCOc1ccc(N=C2NC(=O)/C(=C\c3cc(Br)ccc3OCc3ccc(C(=O)O)cc3)S2)cc1. The molecular weight excluding hydrogens is 532 g/mol. The van der Waals surface area contributed by atoms with E-state index in [0.717, 1.165) is 21.3 Å². The van der Waals surface area contributed by atoms with Gasteiger partial charge in [0.1, 0.15) is 18.1 Å². The maximum Gasteiger partial charge on any atom is 0.335 e. The van der Waals surface area contributed by atoms with Crippen LogP contribution >= 0.6 is 27.7 Å². The largest absolute Gasteiger partial charge is 0.494 e. The highest BCUT2D eigenvalue weighted by Crippen LogP contribution is 2.32. The smallest absolute Gasteiger partial charge is 0.335 e. The van der Waals surface area contributed by atoms with Crippen LogP contribution in [0.1, 0.15) is 28.4 Å². The van der Waals surface area contributed by atoms with Gasteiger partial charge in [-0.15, -0.1) is 0 Å². The molecule has 1 aliphatic rings. The van der Waals surface area contributed by atoms with Gasteiger partial charge < -0.3 is 19.9 Å². The normalized spacial score (nSPS) is 15.3. The Kier molecular flexibility index (Phi) is 7.89. The third-order valence-corrected chi connectivity index (χ3v) is 6.29. The zero-order chi connectivity index (χ0) is 24.8. The highest BCUT2D eigenvalue weighted by molar-refractivity contribution is 9.10. The molecule has 2 N–H and O–H groups in total. The first-order valence-electron chi connectivity index (χ1n) is 10.7. The minimum atomic E-state index is -0.975. The van der Waals surface area contributed by atoms with Crippen molar-refractivity contribution in [2.75, 3.05) is 6.61 Å². The zero-order valence-electron chi connectivity index (χ0n) is 18.7. The number of hydrogen-bond acceptors (Lipinski definition) is 6. The number of carboxylic acid groups (broad SMARTS) is 1. The quantitative estimate of drug-likeness (QED) is 0.332. The van der Waals surface area contributed by atoms with E-state index < -0.39 is 5.97 Å². The van der Waals surface area contributed by atoms with Crippen LogP contribution in [0.3, 0.4) is 0 Å². The van der Waals surface area contributed by atoms with E-state index in [1.165, 1.54) is 23.9 Å². The summed E-state index contributed by atoms with van der Waals surface area (Å²) in [6.07, 6.45) is 1.76. The summed E-state index contributed by atoms with van der Waals surface area (Å²) in [6.45, 7) is 2.76. The Labute approximate surface area is 215 Å². The number of halogens is 1. The first kappa shape index (κ1) is 24.6. The summed E-state index contributed by atoms with van der Waals surface area (Å²) in [5.74, 6) is 0.139. The Morgan fingerprint density at radius 1 is 1.09 bits per heavy atom. The molecule has 178 valence electrons. The number of rotatable bonds is 8. The van der Waals surface area contributed by atoms with E-state index in [4.69, 9.17) is 14.6 Å². The highest BCUT2D eigenvalue weighted by atomic mass is 79.9. The van der Waals surface area contributed by atoms with Crippen molar-refractivity contribution < 1.29 is 24.2 Å². The number of nitrogens with zero attached hydrogens (tertiary/aromatic N) is 1. The van der Waals surface area contributed by atoms with E-state index >= 15 is 0 Å². The van der Waals surface area contributed by atoms with Crippen molar-refractivity contribution in [2.45, 2.75) is 13.5 Å². The van der Waals surface area contributed by atoms with Crippen molar-refractivity contribution in [3.8, 4) is 11.5 Å². The van der Waals surface area contributed by atoms with E-state index in [1.807, 2.05) is 49.4 Å². The molecule has 3 aromatic rings. The van der Waals surface area contributed by atoms with E-state index in [0.29, 0.717) is 28.1 Å². The molecule has 4 rings (SSSR count). The molecular formula is C26H21BrN2O5S. The van der Waals surface area contributed by atoms with Gasteiger partial charge in [0.05, 0.1) is 22.8 Å². The molecule has 0 radical (unpaired) electrons. The van der Waals surface area contributed by atoms with Gasteiger partial charge in [-0.1, -0.05) is 28.1 Å². The maximum atomic E-state index is 12.6. The Morgan fingerprint density at radius 2 is 1.83 bits per heavy atom. The summed E-state index contributed by atoms with van der Waals surface area (Å²) in [6, 6.07) is 19.4. The van der Waals surface area contributed by atoms with Gasteiger partial charge >= 0.3 is 5.97 Å². The van der Waals surface area contributed by atoms with E-state index in [-0.39, 0.29) is 18.1 Å². The maximum absolute atomic E-state index is 12.6. The van der Waals surface area contributed by atoms with Crippen LogP contribution in [0.2, 0.25) is 0 Å². The average Bonchev–Trinajstić information content (AvgIpc) is 3.18. The summed E-state index contributed by atoms with van der Waals surface area (Å²) in [5, 5.41) is 12.3. The summed E-state index contributed by atoms with van der Waals surface area (Å²) < 4.78 is 12.3. The van der Waals surface area contributed by atoms with Crippen LogP contribution in [0, 0.1) is 0 Å². The lowest BCUT2D eigenvalue weighted by Crippen LogP contribution is -2.19. The first-order valence-corrected chi connectivity index (χ1v) is 12.3. The van der Waals surface area contributed by atoms with E-state index in [9.17, 15) is 9.59 Å². The van der Waals surface area contributed by atoms with Crippen LogP contribution in [0.4, 0.5) is 5.69 Å². The molecule has 1 aliphatic heterocycles. The zero-order valence-corrected chi connectivity index (χ0v) is 21.1. The van der Waals surface area contributed by atoms with E-state index in [1.54, 1.807) is 18.2 Å².